The van der Waals surface area contributed by atoms with E-state index in [1.807, 2.05) is 19.4 Å². The Labute approximate surface area is 122 Å². The molecule has 0 aromatic carbocycles. The molecule has 0 unspecified atom stereocenters. The largest absolute Gasteiger partial charge is 0.342 e. The van der Waals surface area contributed by atoms with Crippen LogP contribution in [-0.2, 0) is 7.05 Å². The van der Waals surface area contributed by atoms with Crippen LogP contribution in [0.1, 0.15) is 12.8 Å². The standard InChI is InChI=1S/C13H18N6S/c1-17-9-10(8-14-17)12-15-16-13(20-12)19-7-6-18-4-2-11(19)3-5-18/h8-9,11H,2-7H2,1H3. The third kappa shape index (κ3) is 2.10. The monoisotopic (exact) mass is 290 g/mol. The summed E-state index contributed by atoms with van der Waals surface area (Å²) in [7, 11) is 1.92. The van der Waals surface area contributed by atoms with Crippen LogP contribution in [0.15, 0.2) is 12.4 Å². The van der Waals surface area contributed by atoms with Gasteiger partial charge in [-0.15, -0.1) is 10.2 Å². The van der Waals surface area contributed by atoms with Gasteiger partial charge in [-0.25, -0.2) is 0 Å². The highest BCUT2D eigenvalue weighted by atomic mass is 32.1. The van der Waals surface area contributed by atoms with Crippen LogP contribution in [-0.4, -0.2) is 57.1 Å². The Kier molecular flexibility index (Phi) is 2.96. The summed E-state index contributed by atoms with van der Waals surface area (Å²) in [6.07, 6.45) is 6.34. The van der Waals surface area contributed by atoms with E-state index in [1.54, 1.807) is 16.0 Å². The SMILES string of the molecule is Cn1cc(-c2nnc(N3CCN4CCC3CC4)s2)cn1. The van der Waals surface area contributed by atoms with Crippen LogP contribution in [0.3, 0.4) is 0 Å². The number of fused-ring (bicyclic) bond motifs is 4. The quantitative estimate of drug-likeness (QED) is 0.832. The van der Waals surface area contributed by atoms with Gasteiger partial charge in [0, 0.05) is 45.5 Å². The molecule has 3 aliphatic heterocycles. The number of piperidine rings is 1. The molecule has 0 N–H and O–H groups in total. The maximum atomic E-state index is 4.42. The fourth-order valence-corrected chi connectivity index (χ4v) is 4.04. The minimum atomic E-state index is 0.642. The zero-order valence-electron chi connectivity index (χ0n) is 11.6. The first-order valence-corrected chi connectivity index (χ1v) is 7.93. The number of aromatic nitrogens is 4. The lowest BCUT2D eigenvalue weighted by atomic mass is 10.1. The number of rotatable bonds is 2. The molecule has 0 spiro atoms. The fraction of sp³-hybridized carbons (Fsp3) is 0.615. The van der Waals surface area contributed by atoms with E-state index in [1.165, 1.54) is 25.9 Å². The van der Waals surface area contributed by atoms with Crippen LogP contribution in [0.5, 0.6) is 0 Å². The van der Waals surface area contributed by atoms with Gasteiger partial charge in [0.2, 0.25) is 5.13 Å². The molecule has 2 bridgehead atoms. The van der Waals surface area contributed by atoms with Gasteiger partial charge in [-0.2, -0.15) is 5.10 Å². The van der Waals surface area contributed by atoms with Crippen molar-refractivity contribution in [3.63, 3.8) is 0 Å². The maximum absolute atomic E-state index is 4.42. The smallest absolute Gasteiger partial charge is 0.208 e. The number of hydrogen-bond donors (Lipinski definition) is 0. The third-order valence-corrected chi connectivity index (χ3v) is 5.28. The number of hydrogen-bond acceptors (Lipinski definition) is 6. The topological polar surface area (TPSA) is 50.1 Å². The summed E-state index contributed by atoms with van der Waals surface area (Å²) in [5.41, 5.74) is 1.05. The predicted octanol–water partition coefficient (Wildman–Crippen LogP) is 1.22. The van der Waals surface area contributed by atoms with E-state index in [2.05, 4.69) is 25.1 Å². The van der Waals surface area contributed by atoms with E-state index < -0.39 is 0 Å². The van der Waals surface area contributed by atoms with E-state index in [0.29, 0.717) is 6.04 Å². The van der Waals surface area contributed by atoms with Gasteiger partial charge in [0.15, 0.2) is 5.01 Å². The molecule has 2 aromatic rings. The average molecular weight is 290 g/mol. The number of nitrogens with zero attached hydrogens (tertiary/aromatic N) is 6. The minimum absolute atomic E-state index is 0.642. The van der Waals surface area contributed by atoms with Crippen molar-refractivity contribution in [2.24, 2.45) is 7.05 Å². The lowest BCUT2D eigenvalue weighted by molar-refractivity contribution is 0.250. The van der Waals surface area contributed by atoms with Crippen molar-refractivity contribution in [3.05, 3.63) is 12.4 Å². The second-order valence-electron chi connectivity index (χ2n) is 5.56. The van der Waals surface area contributed by atoms with E-state index in [9.17, 15) is 0 Å². The summed E-state index contributed by atoms with van der Waals surface area (Å²) in [5.74, 6) is 0. The van der Waals surface area contributed by atoms with Crippen molar-refractivity contribution < 1.29 is 0 Å². The molecule has 3 aliphatic rings. The first-order chi connectivity index (χ1) is 9.79. The van der Waals surface area contributed by atoms with Crippen molar-refractivity contribution in [3.8, 4) is 10.6 Å². The van der Waals surface area contributed by atoms with Gasteiger partial charge >= 0.3 is 0 Å². The summed E-state index contributed by atoms with van der Waals surface area (Å²) < 4.78 is 1.80. The van der Waals surface area contributed by atoms with Gasteiger partial charge in [0.1, 0.15) is 0 Å². The van der Waals surface area contributed by atoms with Crippen molar-refractivity contribution >= 4 is 16.5 Å². The minimum Gasteiger partial charge on any atom is -0.342 e. The predicted molar refractivity (Wildman–Crippen MR) is 78.9 cm³/mol. The Morgan fingerprint density at radius 1 is 1.15 bits per heavy atom. The highest BCUT2D eigenvalue weighted by Crippen LogP contribution is 2.32. The average Bonchev–Trinajstić information content (AvgIpc) is 3.01. The number of anilines is 1. The Balaban J connectivity index is 1.61. The van der Waals surface area contributed by atoms with Crippen molar-refractivity contribution in [1.29, 1.82) is 0 Å². The molecule has 6 nitrogen and oxygen atoms in total. The van der Waals surface area contributed by atoms with Crippen LogP contribution < -0.4 is 4.90 Å². The molecule has 5 rings (SSSR count). The molecule has 0 amide bonds. The lowest BCUT2D eigenvalue weighted by Crippen LogP contribution is -2.37. The Hall–Kier alpha value is -1.47. The Morgan fingerprint density at radius 3 is 2.75 bits per heavy atom. The van der Waals surface area contributed by atoms with Crippen LogP contribution in [0.25, 0.3) is 10.6 Å². The second kappa shape index (κ2) is 4.82. The van der Waals surface area contributed by atoms with Crippen LogP contribution in [0.2, 0.25) is 0 Å². The summed E-state index contributed by atoms with van der Waals surface area (Å²) in [4.78, 5) is 5.02. The van der Waals surface area contributed by atoms with Crippen molar-refractivity contribution in [2.75, 3.05) is 31.1 Å². The second-order valence-corrected chi connectivity index (χ2v) is 6.51. The lowest BCUT2D eigenvalue weighted by Gasteiger charge is -2.30. The zero-order valence-corrected chi connectivity index (χ0v) is 12.4. The van der Waals surface area contributed by atoms with Crippen LogP contribution in [0.4, 0.5) is 5.13 Å². The first kappa shape index (κ1) is 12.3. The molecule has 0 saturated carbocycles. The molecule has 0 aliphatic carbocycles. The first-order valence-electron chi connectivity index (χ1n) is 7.11. The molecule has 7 heteroatoms. The van der Waals surface area contributed by atoms with Gasteiger partial charge < -0.3 is 9.80 Å². The highest BCUT2D eigenvalue weighted by Gasteiger charge is 2.30. The van der Waals surface area contributed by atoms with Crippen molar-refractivity contribution in [2.45, 2.75) is 18.9 Å². The summed E-state index contributed by atoms with van der Waals surface area (Å²) in [6.45, 7) is 4.69. The maximum Gasteiger partial charge on any atom is 0.208 e. The van der Waals surface area contributed by atoms with Gasteiger partial charge in [0.25, 0.3) is 0 Å². The zero-order chi connectivity index (χ0) is 13.5. The third-order valence-electron chi connectivity index (χ3n) is 4.27. The normalized spacial score (nSPS) is 25.9. The fourth-order valence-electron chi connectivity index (χ4n) is 3.12. The molecular formula is C13H18N6S. The van der Waals surface area contributed by atoms with Gasteiger partial charge in [-0.3, -0.25) is 4.68 Å². The Bertz CT molecular complexity index is 598. The van der Waals surface area contributed by atoms with E-state index in [4.69, 9.17) is 0 Å². The molecule has 5 heterocycles. The van der Waals surface area contributed by atoms with Gasteiger partial charge in [-0.05, 0) is 12.8 Å². The summed E-state index contributed by atoms with van der Waals surface area (Å²) >= 11 is 1.68. The van der Waals surface area contributed by atoms with Gasteiger partial charge in [-0.1, -0.05) is 11.3 Å². The van der Waals surface area contributed by atoms with Crippen LogP contribution in [0, 0.1) is 0 Å². The van der Waals surface area contributed by atoms with Crippen molar-refractivity contribution in [1.82, 2.24) is 24.9 Å². The Morgan fingerprint density at radius 2 is 2.00 bits per heavy atom. The number of aryl methyl sites for hydroxylation is 1. The molecule has 3 fully saturated rings. The highest BCUT2D eigenvalue weighted by molar-refractivity contribution is 7.18. The molecule has 106 valence electrons. The molecule has 0 radical (unpaired) electrons. The summed E-state index contributed by atoms with van der Waals surface area (Å²) in [6, 6.07) is 0.642. The van der Waals surface area contributed by atoms with Gasteiger partial charge in [0.05, 0.1) is 11.8 Å². The molecule has 2 aromatic heterocycles. The van der Waals surface area contributed by atoms with E-state index in [0.717, 1.165) is 28.8 Å². The van der Waals surface area contributed by atoms with E-state index in [-0.39, 0.29) is 0 Å². The molecule has 0 atom stereocenters. The van der Waals surface area contributed by atoms with E-state index >= 15 is 0 Å². The molecular weight excluding hydrogens is 272 g/mol. The van der Waals surface area contributed by atoms with Crippen LogP contribution >= 0.6 is 11.3 Å². The molecule has 3 saturated heterocycles. The molecule has 20 heavy (non-hydrogen) atoms. The summed E-state index contributed by atoms with van der Waals surface area (Å²) in [5, 5.41) is 15.0.